The van der Waals surface area contributed by atoms with Crippen LogP contribution in [0.4, 0.5) is 5.82 Å². The van der Waals surface area contributed by atoms with E-state index >= 15 is 0 Å². The Kier molecular flexibility index (Phi) is 4.93. The molecule has 6 nitrogen and oxygen atoms in total. The molecule has 2 aliphatic heterocycles. The Morgan fingerprint density at radius 3 is 2.97 bits per heavy atom. The van der Waals surface area contributed by atoms with E-state index in [4.69, 9.17) is 9.97 Å². The van der Waals surface area contributed by atoms with Gasteiger partial charge in [-0.3, -0.25) is 4.79 Å². The number of piperidine rings is 1. The molecular weight excluding hydrogens is 374 g/mol. The minimum absolute atomic E-state index is 0.191. The SMILES string of the molecule is Cc1nc(C2CCCN(C(=O)Cc3c[nH]c4ccccc34)C2)nc2c1CCCN2C. The number of anilines is 1. The fraction of sp³-hybridized carbons (Fsp3) is 0.458. The third-order valence-corrected chi connectivity index (χ3v) is 6.65. The van der Waals surface area contributed by atoms with Crippen LogP contribution >= 0.6 is 0 Å². The van der Waals surface area contributed by atoms with Gasteiger partial charge >= 0.3 is 0 Å². The molecule has 2 aliphatic rings. The average molecular weight is 404 g/mol. The summed E-state index contributed by atoms with van der Waals surface area (Å²) >= 11 is 0. The summed E-state index contributed by atoms with van der Waals surface area (Å²) in [6.07, 6.45) is 6.66. The number of aromatic amines is 1. The van der Waals surface area contributed by atoms with Crippen molar-refractivity contribution >= 4 is 22.6 Å². The molecule has 0 bridgehead atoms. The number of nitrogens with zero attached hydrogens (tertiary/aromatic N) is 4. The Morgan fingerprint density at radius 2 is 2.07 bits per heavy atom. The van der Waals surface area contributed by atoms with Crippen molar-refractivity contribution in [2.75, 3.05) is 31.6 Å². The van der Waals surface area contributed by atoms with E-state index in [1.807, 2.05) is 29.3 Å². The molecule has 1 atom stereocenters. The largest absolute Gasteiger partial charge is 0.361 e. The number of hydrogen-bond donors (Lipinski definition) is 1. The van der Waals surface area contributed by atoms with Crippen molar-refractivity contribution in [3.63, 3.8) is 0 Å². The number of carbonyl (C=O) groups excluding carboxylic acids is 1. The maximum absolute atomic E-state index is 13.1. The van der Waals surface area contributed by atoms with Crippen molar-refractivity contribution in [1.82, 2.24) is 19.9 Å². The second kappa shape index (κ2) is 7.74. The molecule has 1 aromatic carbocycles. The number of aromatic nitrogens is 3. The Labute approximate surface area is 177 Å². The normalized spacial score (nSPS) is 19.2. The summed E-state index contributed by atoms with van der Waals surface area (Å²) < 4.78 is 0. The molecule has 30 heavy (non-hydrogen) atoms. The van der Waals surface area contributed by atoms with E-state index in [1.54, 1.807) is 0 Å². The van der Waals surface area contributed by atoms with Gasteiger partial charge in [-0.15, -0.1) is 0 Å². The summed E-state index contributed by atoms with van der Waals surface area (Å²) in [5.41, 5.74) is 4.54. The van der Waals surface area contributed by atoms with Gasteiger partial charge in [0, 0.05) is 61.0 Å². The van der Waals surface area contributed by atoms with Crippen LogP contribution in [0.3, 0.4) is 0 Å². The lowest BCUT2D eigenvalue weighted by Gasteiger charge is -2.33. The predicted molar refractivity (Wildman–Crippen MR) is 119 cm³/mol. The van der Waals surface area contributed by atoms with Crippen LogP contribution < -0.4 is 4.90 Å². The van der Waals surface area contributed by atoms with Crippen molar-refractivity contribution in [3.8, 4) is 0 Å². The highest BCUT2D eigenvalue weighted by Crippen LogP contribution is 2.31. The van der Waals surface area contributed by atoms with Gasteiger partial charge in [0.25, 0.3) is 0 Å². The fourth-order valence-corrected chi connectivity index (χ4v) is 4.96. The predicted octanol–water partition coefficient (Wildman–Crippen LogP) is 3.60. The zero-order valence-electron chi connectivity index (χ0n) is 17.8. The van der Waals surface area contributed by atoms with Gasteiger partial charge in [-0.1, -0.05) is 18.2 Å². The van der Waals surface area contributed by atoms with Gasteiger partial charge in [-0.05, 0) is 44.2 Å². The van der Waals surface area contributed by atoms with Gasteiger partial charge in [0.1, 0.15) is 11.6 Å². The van der Waals surface area contributed by atoms with E-state index in [9.17, 15) is 4.79 Å². The third kappa shape index (κ3) is 3.44. The summed E-state index contributed by atoms with van der Waals surface area (Å²) in [7, 11) is 2.12. The molecule has 0 saturated carbocycles. The quantitative estimate of drug-likeness (QED) is 0.726. The molecule has 5 rings (SSSR count). The molecule has 1 fully saturated rings. The monoisotopic (exact) mass is 403 g/mol. The van der Waals surface area contributed by atoms with E-state index in [0.717, 1.165) is 72.6 Å². The smallest absolute Gasteiger partial charge is 0.227 e. The number of H-pyrrole nitrogens is 1. The van der Waals surface area contributed by atoms with Crippen LogP contribution in [-0.2, 0) is 17.6 Å². The number of fused-ring (bicyclic) bond motifs is 2. The highest BCUT2D eigenvalue weighted by Gasteiger charge is 2.29. The summed E-state index contributed by atoms with van der Waals surface area (Å²) in [6, 6.07) is 8.16. The third-order valence-electron chi connectivity index (χ3n) is 6.65. The van der Waals surface area contributed by atoms with Crippen LogP contribution in [-0.4, -0.2) is 52.4 Å². The molecule has 1 amide bonds. The van der Waals surface area contributed by atoms with Crippen molar-refractivity contribution in [3.05, 3.63) is 53.1 Å². The maximum atomic E-state index is 13.1. The van der Waals surface area contributed by atoms with E-state index in [-0.39, 0.29) is 11.8 Å². The molecule has 2 aromatic heterocycles. The number of carbonyl (C=O) groups is 1. The second-order valence-corrected chi connectivity index (χ2v) is 8.71. The summed E-state index contributed by atoms with van der Waals surface area (Å²) in [4.78, 5) is 30.5. The Morgan fingerprint density at radius 1 is 1.20 bits per heavy atom. The van der Waals surface area contributed by atoms with Crippen molar-refractivity contribution in [1.29, 1.82) is 0 Å². The summed E-state index contributed by atoms with van der Waals surface area (Å²) in [6.45, 7) is 4.68. The number of hydrogen-bond acceptors (Lipinski definition) is 4. The topological polar surface area (TPSA) is 65.1 Å². The number of para-hydroxylation sites is 1. The molecule has 0 radical (unpaired) electrons. The molecule has 4 heterocycles. The van der Waals surface area contributed by atoms with Gasteiger partial charge in [-0.25, -0.2) is 9.97 Å². The van der Waals surface area contributed by atoms with Crippen molar-refractivity contribution in [2.24, 2.45) is 0 Å². The van der Waals surface area contributed by atoms with Gasteiger partial charge in [0.15, 0.2) is 0 Å². The zero-order chi connectivity index (χ0) is 20.7. The fourth-order valence-electron chi connectivity index (χ4n) is 4.96. The highest BCUT2D eigenvalue weighted by molar-refractivity contribution is 5.88. The second-order valence-electron chi connectivity index (χ2n) is 8.71. The van der Waals surface area contributed by atoms with Crippen LogP contribution in [0.1, 0.15) is 47.8 Å². The molecule has 1 saturated heterocycles. The number of rotatable bonds is 3. The zero-order valence-corrected chi connectivity index (χ0v) is 17.8. The number of nitrogens with one attached hydrogen (secondary N) is 1. The van der Waals surface area contributed by atoms with Crippen LogP contribution in [0, 0.1) is 6.92 Å². The molecule has 1 unspecified atom stereocenters. The molecule has 1 N–H and O–H groups in total. The van der Waals surface area contributed by atoms with Gasteiger partial charge in [0.05, 0.1) is 6.42 Å². The molecular formula is C24H29N5O. The van der Waals surface area contributed by atoms with Crippen molar-refractivity contribution in [2.45, 2.75) is 44.9 Å². The van der Waals surface area contributed by atoms with Gasteiger partial charge in [-0.2, -0.15) is 0 Å². The standard InChI is InChI=1S/C24H29N5O/c1-16-19-9-6-11-28(2)24(19)27-23(26-16)17-7-5-12-29(15-17)22(30)13-18-14-25-21-10-4-3-8-20(18)21/h3-4,8,10,14,17,25H,5-7,9,11-13,15H2,1-2H3. The van der Waals surface area contributed by atoms with Crippen LogP contribution in [0.25, 0.3) is 10.9 Å². The first-order valence-corrected chi connectivity index (χ1v) is 11.0. The Bertz CT molecular complexity index is 1090. The minimum Gasteiger partial charge on any atom is -0.361 e. The lowest BCUT2D eigenvalue weighted by atomic mass is 9.95. The minimum atomic E-state index is 0.191. The first-order valence-electron chi connectivity index (χ1n) is 11.0. The van der Waals surface area contributed by atoms with Crippen LogP contribution in [0.2, 0.25) is 0 Å². The molecule has 0 spiro atoms. The first-order chi connectivity index (χ1) is 14.6. The first kappa shape index (κ1) is 19.1. The van der Waals surface area contributed by atoms with Crippen molar-refractivity contribution < 1.29 is 4.79 Å². The van der Waals surface area contributed by atoms with Crippen LogP contribution in [0.5, 0.6) is 0 Å². The molecule has 3 aromatic rings. The number of benzene rings is 1. The average Bonchev–Trinajstić information content (AvgIpc) is 3.17. The number of likely N-dealkylation sites (tertiary alicyclic amines) is 1. The lowest BCUT2D eigenvalue weighted by Crippen LogP contribution is -2.40. The summed E-state index contributed by atoms with van der Waals surface area (Å²) in [5, 5.41) is 1.14. The summed E-state index contributed by atoms with van der Waals surface area (Å²) in [5.74, 6) is 2.40. The highest BCUT2D eigenvalue weighted by atomic mass is 16.2. The van der Waals surface area contributed by atoms with E-state index in [1.165, 1.54) is 5.56 Å². The van der Waals surface area contributed by atoms with Crippen LogP contribution in [0.15, 0.2) is 30.5 Å². The lowest BCUT2D eigenvalue weighted by molar-refractivity contribution is -0.131. The van der Waals surface area contributed by atoms with E-state index < -0.39 is 0 Å². The van der Waals surface area contributed by atoms with Gasteiger partial charge < -0.3 is 14.8 Å². The molecule has 156 valence electrons. The molecule has 6 heteroatoms. The number of aryl methyl sites for hydroxylation is 1. The van der Waals surface area contributed by atoms with E-state index in [2.05, 4.69) is 29.9 Å². The Hall–Kier alpha value is -2.89. The maximum Gasteiger partial charge on any atom is 0.227 e. The van der Waals surface area contributed by atoms with Gasteiger partial charge in [0.2, 0.25) is 5.91 Å². The van der Waals surface area contributed by atoms with E-state index in [0.29, 0.717) is 13.0 Å². The molecule has 0 aliphatic carbocycles. The number of amides is 1. The Balaban J connectivity index is 1.34.